The lowest BCUT2D eigenvalue weighted by Crippen LogP contribution is -1.80. The zero-order valence-electron chi connectivity index (χ0n) is 8.25. The normalized spacial score (nSPS) is 10.4. The molecule has 0 spiro atoms. The number of benzene rings is 1. The monoisotopic (exact) mass is 270 g/mol. The van der Waals surface area contributed by atoms with Gasteiger partial charge in [-0.05, 0) is 25.1 Å². The minimum absolute atomic E-state index is 0.492. The average Bonchev–Trinajstić information content (AvgIpc) is 2.63. The highest BCUT2D eigenvalue weighted by Crippen LogP contribution is 2.33. The molecule has 0 bridgehead atoms. The summed E-state index contributed by atoms with van der Waals surface area (Å²) in [5.41, 5.74) is 1.40. The number of aryl methyl sites for hydroxylation is 1. The van der Waals surface area contributed by atoms with Crippen molar-refractivity contribution in [3.05, 3.63) is 38.8 Å². The number of carbonyl (C=O) groups excluding carboxylic acids is 1. The van der Waals surface area contributed by atoms with E-state index in [4.69, 9.17) is 23.2 Å². The Kier molecular flexibility index (Phi) is 3.28. The fourth-order valence-electron chi connectivity index (χ4n) is 1.27. The van der Waals surface area contributed by atoms with Crippen LogP contribution in [0.15, 0.2) is 18.2 Å². The first-order valence-corrected chi connectivity index (χ1v) is 6.00. The number of nitrogens with zero attached hydrogens (tertiary/aromatic N) is 1. The first kappa shape index (κ1) is 11.6. The molecule has 0 amide bonds. The summed E-state index contributed by atoms with van der Waals surface area (Å²) >= 11 is 13.2. The molecule has 2 rings (SSSR count). The minimum Gasteiger partial charge on any atom is -0.284 e. The molecule has 0 aliphatic carbocycles. The molecule has 1 aromatic heterocycles. The summed E-state index contributed by atoms with van der Waals surface area (Å²) in [5.74, 6) is 0. The van der Waals surface area contributed by atoms with Crippen molar-refractivity contribution in [2.75, 3.05) is 0 Å². The van der Waals surface area contributed by atoms with Gasteiger partial charge in [0, 0.05) is 10.6 Å². The van der Waals surface area contributed by atoms with Crippen molar-refractivity contribution in [1.82, 2.24) is 4.98 Å². The standard InChI is InChI=1S/C11H6Cl2NOS/c1-6-10(5-15)16-11(14-6)8-4-7(12)2-3-9(8)13/h2-4H,1H3. The van der Waals surface area contributed by atoms with Gasteiger partial charge in [-0.15, -0.1) is 11.3 Å². The second kappa shape index (κ2) is 4.53. The number of aromatic nitrogens is 1. The molecule has 0 aliphatic heterocycles. The summed E-state index contributed by atoms with van der Waals surface area (Å²) in [4.78, 5) is 15.4. The van der Waals surface area contributed by atoms with E-state index in [0.717, 1.165) is 5.56 Å². The maximum absolute atomic E-state index is 10.6. The highest BCUT2D eigenvalue weighted by molar-refractivity contribution is 7.16. The van der Waals surface area contributed by atoms with Crippen LogP contribution >= 0.6 is 34.5 Å². The molecule has 2 nitrogen and oxygen atoms in total. The molecule has 5 heteroatoms. The van der Waals surface area contributed by atoms with Crippen LogP contribution in [-0.4, -0.2) is 11.3 Å². The van der Waals surface area contributed by atoms with Crippen LogP contribution in [0.25, 0.3) is 10.6 Å². The molecular formula is C11H6Cl2NOS. The Morgan fingerprint density at radius 2 is 2.12 bits per heavy atom. The third-order valence-electron chi connectivity index (χ3n) is 2.05. The topological polar surface area (TPSA) is 30.0 Å². The molecule has 1 heterocycles. The van der Waals surface area contributed by atoms with Crippen molar-refractivity contribution in [1.29, 1.82) is 0 Å². The lowest BCUT2D eigenvalue weighted by molar-refractivity contribution is 0.563. The van der Waals surface area contributed by atoms with E-state index in [9.17, 15) is 4.79 Å². The van der Waals surface area contributed by atoms with Crippen molar-refractivity contribution in [3.63, 3.8) is 0 Å². The molecule has 0 saturated heterocycles. The fraction of sp³-hybridized carbons (Fsp3) is 0.0909. The van der Waals surface area contributed by atoms with E-state index < -0.39 is 0 Å². The Morgan fingerprint density at radius 1 is 1.38 bits per heavy atom. The zero-order valence-corrected chi connectivity index (χ0v) is 10.6. The van der Waals surface area contributed by atoms with Gasteiger partial charge in [-0.2, -0.15) is 0 Å². The first-order valence-electron chi connectivity index (χ1n) is 4.43. The van der Waals surface area contributed by atoms with Crippen LogP contribution in [0.4, 0.5) is 0 Å². The van der Waals surface area contributed by atoms with E-state index in [-0.39, 0.29) is 0 Å². The molecule has 2 aromatic rings. The molecule has 0 N–H and O–H groups in total. The second-order valence-corrected chi connectivity index (χ2v) is 5.00. The minimum atomic E-state index is 0.492. The van der Waals surface area contributed by atoms with Crippen molar-refractivity contribution >= 4 is 40.8 Å². The van der Waals surface area contributed by atoms with Gasteiger partial charge in [0.1, 0.15) is 9.88 Å². The number of hydrogen-bond donors (Lipinski definition) is 0. The van der Waals surface area contributed by atoms with E-state index in [1.54, 1.807) is 25.1 Å². The largest absolute Gasteiger partial charge is 0.284 e. The fourth-order valence-corrected chi connectivity index (χ4v) is 2.59. The molecule has 1 radical (unpaired) electrons. The van der Waals surface area contributed by atoms with Gasteiger partial charge in [-0.3, -0.25) is 4.79 Å². The lowest BCUT2D eigenvalue weighted by atomic mass is 10.2. The van der Waals surface area contributed by atoms with Gasteiger partial charge in [-0.25, -0.2) is 4.98 Å². The van der Waals surface area contributed by atoms with Crippen molar-refractivity contribution in [2.24, 2.45) is 0 Å². The summed E-state index contributed by atoms with van der Waals surface area (Å²) < 4.78 is 0. The highest BCUT2D eigenvalue weighted by atomic mass is 35.5. The molecule has 0 saturated carbocycles. The SMILES string of the molecule is Cc1nc(-c2cc(Cl)ccc2Cl)sc1[C]=O. The quantitative estimate of drug-likeness (QED) is 0.829. The zero-order chi connectivity index (χ0) is 11.7. The van der Waals surface area contributed by atoms with E-state index in [1.165, 1.54) is 11.3 Å². The number of rotatable bonds is 2. The molecule has 0 unspecified atom stereocenters. The van der Waals surface area contributed by atoms with Crippen LogP contribution in [0.5, 0.6) is 0 Å². The van der Waals surface area contributed by atoms with Gasteiger partial charge in [0.2, 0.25) is 6.29 Å². The number of thiazole rings is 1. The molecule has 0 aliphatic rings. The van der Waals surface area contributed by atoms with Gasteiger partial charge in [0.15, 0.2) is 0 Å². The van der Waals surface area contributed by atoms with Crippen LogP contribution < -0.4 is 0 Å². The van der Waals surface area contributed by atoms with Crippen LogP contribution in [-0.2, 0) is 4.79 Å². The third kappa shape index (κ3) is 2.12. The lowest BCUT2D eigenvalue weighted by Gasteiger charge is -2.00. The summed E-state index contributed by atoms with van der Waals surface area (Å²) in [6.07, 6.45) is 1.85. The van der Waals surface area contributed by atoms with Gasteiger partial charge < -0.3 is 0 Å². The maximum Gasteiger partial charge on any atom is 0.246 e. The van der Waals surface area contributed by atoms with E-state index in [1.807, 2.05) is 6.29 Å². The summed E-state index contributed by atoms with van der Waals surface area (Å²) in [5, 5.41) is 1.84. The van der Waals surface area contributed by atoms with E-state index >= 15 is 0 Å². The first-order chi connectivity index (χ1) is 7.61. The van der Waals surface area contributed by atoms with Crippen molar-refractivity contribution in [3.8, 4) is 10.6 Å². The average molecular weight is 271 g/mol. The summed E-state index contributed by atoms with van der Waals surface area (Å²) in [7, 11) is 0. The molecule has 81 valence electrons. The van der Waals surface area contributed by atoms with Gasteiger partial charge in [0.25, 0.3) is 0 Å². The highest BCUT2D eigenvalue weighted by Gasteiger charge is 2.12. The maximum atomic E-state index is 10.6. The van der Waals surface area contributed by atoms with Crippen LogP contribution in [0, 0.1) is 6.92 Å². The Hall–Kier alpha value is -0.900. The smallest absolute Gasteiger partial charge is 0.246 e. The number of hydrogen-bond acceptors (Lipinski definition) is 3. The van der Waals surface area contributed by atoms with Gasteiger partial charge in [-0.1, -0.05) is 23.2 Å². The Balaban J connectivity index is 2.57. The second-order valence-electron chi connectivity index (χ2n) is 3.16. The molecule has 0 atom stereocenters. The summed E-state index contributed by atoms with van der Waals surface area (Å²) in [6, 6.07) is 5.15. The van der Waals surface area contributed by atoms with Crippen LogP contribution in [0.3, 0.4) is 0 Å². The molecular weight excluding hydrogens is 265 g/mol. The molecule has 16 heavy (non-hydrogen) atoms. The van der Waals surface area contributed by atoms with Crippen molar-refractivity contribution < 1.29 is 4.79 Å². The third-order valence-corrected chi connectivity index (χ3v) is 3.70. The Bertz CT molecular complexity index is 551. The van der Waals surface area contributed by atoms with Gasteiger partial charge >= 0.3 is 0 Å². The molecule has 1 aromatic carbocycles. The Morgan fingerprint density at radius 3 is 2.75 bits per heavy atom. The van der Waals surface area contributed by atoms with E-state index in [2.05, 4.69) is 4.98 Å². The Labute approximate surface area is 107 Å². The predicted octanol–water partition coefficient (Wildman–Crippen LogP) is 3.88. The van der Waals surface area contributed by atoms with Crippen LogP contribution in [0.1, 0.15) is 10.6 Å². The van der Waals surface area contributed by atoms with Gasteiger partial charge in [0.05, 0.1) is 10.7 Å². The number of halogens is 2. The predicted molar refractivity (Wildman–Crippen MR) is 67.1 cm³/mol. The molecule has 0 fully saturated rings. The summed E-state index contributed by atoms with van der Waals surface area (Å²) in [6.45, 7) is 1.76. The van der Waals surface area contributed by atoms with Crippen molar-refractivity contribution in [2.45, 2.75) is 6.92 Å². The van der Waals surface area contributed by atoms with Crippen LogP contribution in [0.2, 0.25) is 10.0 Å². The van der Waals surface area contributed by atoms with E-state index in [0.29, 0.717) is 25.6 Å².